The van der Waals surface area contributed by atoms with E-state index in [1.807, 2.05) is 60.5 Å². The van der Waals surface area contributed by atoms with E-state index in [-0.39, 0.29) is 11.8 Å². The van der Waals surface area contributed by atoms with Gasteiger partial charge in [0.2, 0.25) is 5.91 Å². The zero-order valence-electron chi connectivity index (χ0n) is 13.9. The van der Waals surface area contributed by atoms with Crippen molar-refractivity contribution in [2.75, 3.05) is 7.05 Å². The number of amides is 1. The van der Waals surface area contributed by atoms with E-state index < -0.39 is 0 Å². The van der Waals surface area contributed by atoms with Crippen LogP contribution in [0, 0.1) is 5.92 Å². The second kappa shape index (κ2) is 7.71. The molecule has 0 saturated heterocycles. The number of hydrogen-bond donors (Lipinski definition) is 0. The van der Waals surface area contributed by atoms with E-state index in [1.54, 1.807) is 0 Å². The standard InChI is InChI=1S/C20H22ClNO2/c1-22(20(23)17-5-3-6-17)13-16-4-2-7-19(12-16)24-14-15-8-10-18(21)11-9-15/h2,4,7-12,17H,3,5-6,13-14H2,1H3. The first kappa shape index (κ1) is 16.8. The van der Waals surface area contributed by atoms with Crippen molar-refractivity contribution in [2.24, 2.45) is 5.92 Å². The maximum atomic E-state index is 12.2. The molecule has 0 aliphatic heterocycles. The average Bonchev–Trinajstić information content (AvgIpc) is 2.53. The van der Waals surface area contributed by atoms with Crippen molar-refractivity contribution in [1.82, 2.24) is 4.90 Å². The second-order valence-corrected chi connectivity index (χ2v) is 6.82. The van der Waals surface area contributed by atoms with E-state index >= 15 is 0 Å². The van der Waals surface area contributed by atoms with Gasteiger partial charge in [-0.2, -0.15) is 0 Å². The molecule has 0 spiro atoms. The van der Waals surface area contributed by atoms with Gasteiger partial charge in [0, 0.05) is 24.5 Å². The quantitative estimate of drug-likeness (QED) is 0.762. The minimum absolute atomic E-state index is 0.235. The number of carbonyl (C=O) groups is 1. The van der Waals surface area contributed by atoms with E-state index in [0.29, 0.717) is 13.2 Å². The van der Waals surface area contributed by atoms with Crippen LogP contribution in [-0.4, -0.2) is 17.9 Å². The SMILES string of the molecule is CN(Cc1cccc(OCc2ccc(Cl)cc2)c1)C(=O)C1CCC1. The molecule has 4 heteroatoms. The predicted octanol–water partition coefficient (Wildman–Crippen LogP) is 4.68. The third-order valence-corrected chi connectivity index (χ3v) is 4.72. The van der Waals surface area contributed by atoms with Gasteiger partial charge in [0.25, 0.3) is 0 Å². The Morgan fingerprint density at radius 3 is 2.58 bits per heavy atom. The maximum absolute atomic E-state index is 12.2. The highest BCUT2D eigenvalue weighted by Crippen LogP contribution is 2.28. The molecular formula is C20H22ClNO2. The normalized spacial score (nSPS) is 14.1. The van der Waals surface area contributed by atoms with Crippen molar-refractivity contribution in [3.05, 3.63) is 64.7 Å². The molecular weight excluding hydrogens is 322 g/mol. The van der Waals surface area contributed by atoms with Crippen molar-refractivity contribution < 1.29 is 9.53 Å². The Kier molecular flexibility index (Phi) is 5.41. The van der Waals surface area contributed by atoms with Gasteiger partial charge in [-0.25, -0.2) is 0 Å². The highest BCUT2D eigenvalue weighted by atomic mass is 35.5. The summed E-state index contributed by atoms with van der Waals surface area (Å²) >= 11 is 5.89. The number of rotatable bonds is 6. The average molecular weight is 344 g/mol. The topological polar surface area (TPSA) is 29.5 Å². The van der Waals surface area contributed by atoms with Crippen molar-refractivity contribution in [1.29, 1.82) is 0 Å². The molecule has 1 aliphatic rings. The van der Waals surface area contributed by atoms with Crippen LogP contribution in [0.5, 0.6) is 5.75 Å². The molecule has 0 radical (unpaired) electrons. The molecule has 0 heterocycles. The Labute approximate surface area is 148 Å². The number of hydrogen-bond acceptors (Lipinski definition) is 2. The van der Waals surface area contributed by atoms with Crippen LogP contribution in [0.15, 0.2) is 48.5 Å². The molecule has 0 N–H and O–H groups in total. The summed E-state index contributed by atoms with van der Waals surface area (Å²) in [5.41, 5.74) is 2.15. The zero-order chi connectivity index (χ0) is 16.9. The van der Waals surface area contributed by atoms with Gasteiger partial charge >= 0.3 is 0 Å². The maximum Gasteiger partial charge on any atom is 0.225 e. The van der Waals surface area contributed by atoms with Crippen LogP contribution in [0.3, 0.4) is 0 Å². The lowest BCUT2D eigenvalue weighted by Crippen LogP contribution is -2.35. The zero-order valence-corrected chi connectivity index (χ0v) is 14.6. The number of benzene rings is 2. The Morgan fingerprint density at radius 1 is 1.17 bits per heavy atom. The van der Waals surface area contributed by atoms with Gasteiger partial charge in [0.05, 0.1) is 0 Å². The molecule has 3 rings (SSSR count). The molecule has 0 bridgehead atoms. The summed E-state index contributed by atoms with van der Waals surface area (Å²) in [5.74, 6) is 1.31. The fraction of sp³-hybridized carbons (Fsp3) is 0.350. The summed E-state index contributed by atoms with van der Waals surface area (Å²) in [6.45, 7) is 1.12. The Balaban J connectivity index is 1.57. The summed E-state index contributed by atoms with van der Waals surface area (Å²) in [7, 11) is 1.88. The number of halogens is 1. The summed E-state index contributed by atoms with van der Waals surface area (Å²) in [6.07, 6.45) is 3.25. The van der Waals surface area contributed by atoms with E-state index in [0.717, 1.165) is 34.7 Å². The molecule has 1 amide bonds. The van der Waals surface area contributed by atoms with Crippen LogP contribution < -0.4 is 4.74 Å². The molecule has 24 heavy (non-hydrogen) atoms. The molecule has 3 nitrogen and oxygen atoms in total. The van der Waals surface area contributed by atoms with Crippen LogP contribution in [0.2, 0.25) is 5.02 Å². The lowest BCUT2D eigenvalue weighted by Gasteiger charge is -2.29. The molecule has 0 atom stereocenters. The molecule has 0 aromatic heterocycles. The number of ether oxygens (including phenoxy) is 1. The van der Waals surface area contributed by atoms with Crippen LogP contribution >= 0.6 is 11.6 Å². The highest BCUT2D eigenvalue weighted by molar-refractivity contribution is 6.30. The van der Waals surface area contributed by atoms with Gasteiger partial charge in [-0.15, -0.1) is 0 Å². The first-order chi connectivity index (χ1) is 11.6. The fourth-order valence-electron chi connectivity index (χ4n) is 2.80. The van der Waals surface area contributed by atoms with Gasteiger partial charge < -0.3 is 9.64 Å². The molecule has 1 saturated carbocycles. The predicted molar refractivity (Wildman–Crippen MR) is 96.0 cm³/mol. The summed E-state index contributed by atoms with van der Waals surface area (Å²) in [4.78, 5) is 14.1. The molecule has 2 aromatic carbocycles. The van der Waals surface area contributed by atoms with E-state index in [2.05, 4.69) is 0 Å². The molecule has 0 unspecified atom stereocenters. The summed E-state index contributed by atoms with van der Waals surface area (Å²) in [5, 5.41) is 0.722. The van der Waals surface area contributed by atoms with E-state index in [9.17, 15) is 4.79 Å². The van der Waals surface area contributed by atoms with Crippen LogP contribution in [0.4, 0.5) is 0 Å². The van der Waals surface area contributed by atoms with Gasteiger partial charge in [0.15, 0.2) is 0 Å². The first-order valence-corrected chi connectivity index (χ1v) is 8.71. The Bertz CT molecular complexity index is 695. The fourth-order valence-corrected chi connectivity index (χ4v) is 2.93. The number of carbonyl (C=O) groups excluding carboxylic acids is 1. The summed E-state index contributed by atoms with van der Waals surface area (Å²) < 4.78 is 5.85. The molecule has 2 aromatic rings. The summed E-state index contributed by atoms with van der Waals surface area (Å²) in [6, 6.07) is 15.6. The lowest BCUT2D eigenvalue weighted by atomic mass is 9.84. The van der Waals surface area contributed by atoms with Gasteiger partial charge in [-0.05, 0) is 48.2 Å². The molecule has 1 aliphatic carbocycles. The van der Waals surface area contributed by atoms with Crippen LogP contribution in [0.1, 0.15) is 30.4 Å². The van der Waals surface area contributed by atoms with Crippen molar-refractivity contribution in [3.8, 4) is 5.75 Å². The van der Waals surface area contributed by atoms with Crippen molar-refractivity contribution >= 4 is 17.5 Å². The smallest absolute Gasteiger partial charge is 0.225 e. The van der Waals surface area contributed by atoms with Crippen LogP contribution in [0.25, 0.3) is 0 Å². The van der Waals surface area contributed by atoms with Gasteiger partial charge in [-0.3, -0.25) is 4.79 Å². The van der Waals surface area contributed by atoms with Gasteiger partial charge in [0.1, 0.15) is 12.4 Å². The minimum atomic E-state index is 0.235. The largest absolute Gasteiger partial charge is 0.489 e. The van der Waals surface area contributed by atoms with Crippen molar-refractivity contribution in [3.63, 3.8) is 0 Å². The van der Waals surface area contributed by atoms with Crippen LogP contribution in [-0.2, 0) is 17.9 Å². The third kappa shape index (κ3) is 4.30. The second-order valence-electron chi connectivity index (χ2n) is 6.38. The molecule has 126 valence electrons. The minimum Gasteiger partial charge on any atom is -0.489 e. The van der Waals surface area contributed by atoms with Gasteiger partial charge in [-0.1, -0.05) is 42.3 Å². The highest BCUT2D eigenvalue weighted by Gasteiger charge is 2.27. The Morgan fingerprint density at radius 2 is 1.92 bits per heavy atom. The van der Waals surface area contributed by atoms with Crippen molar-refractivity contribution in [2.45, 2.75) is 32.4 Å². The third-order valence-electron chi connectivity index (χ3n) is 4.47. The number of nitrogens with zero attached hydrogens (tertiary/aromatic N) is 1. The lowest BCUT2D eigenvalue weighted by molar-refractivity contribution is -0.137. The van der Waals surface area contributed by atoms with E-state index in [4.69, 9.17) is 16.3 Å². The van der Waals surface area contributed by atoms with E-state index in [1.165, 1.54) is 6.42 Å². The monoisotopic (exact) mass is 343 g/mol. The Hall–Kier alpha value is -2.00. The molecule has 1 fully saturated rings. The first-order valence-electron chi connectivity index (χ1n) is 8.33.